The van der Waals surface area contributed by atoms with Gasteiger partial charge in [-0.05, 0) is 63.2 Å². The van der Waals surface area contributed by atoms with Crippen LogP contribution < -0.4 is 0 Å². The van der Waals surface area contributed by atoms with E-state index >= 15 is 0 Å². The van der Waals surface area contributed by atoms with Crippen molar-refractivity contribution >= 4 is 11.9 Å². The molecule has 0 spiro atoms. The van der Waals surface area contributed by atoms with Gasteiger partial charge in [-0.1, -0.05) is 0 Å². The van der Waals surface area contributed by atoms with E-state index in [2.05, 4.69) is 0 Å². The van der Waals surface area contributed by atoms with Crippen LogP contribution in [0.1, 0.15) is 45.4 Å². The summed E-state index contributed by atoms with van der Waals surface area (Å²) in [6, 6.07) is 0. The molecular weight excluding hydrogens is 228 g/mol. The van der Waals surface area contributed by atoms with Gasteiger partial charge in [0.2, 0.25) is 0 Å². The van der Waals surface area contributed by atoms with Crippen LogP contribution in [-0.2, 0) is 14.3 Å². The topological polar surface area (TPSA) is 43.4 Å². The highest BCUT2D eigenvalue weighted by Crippen LogP contribution is 2.62. The van der Waals surface area contributed by atoms with Crippen molar-refractivity contribution in [1.82, 2.24) is 0 Å². The van der Waals surface area contributed by atoms with Crippen molar-refractivity contribution in [3.63, 3.8) is 0 Å². The van der Waals surface area contributed by atoms with Crippen LogP contribution in [0.25, 0.3) is 0 Å². The molecule has 0 saturated heterocycles. The molecule has 0 amide bonds. The number of carbonyl (C=O) groups is 1. The highest BCUT2D eigenvalue weighted by molar-refractivity contribution is 5.98. The summed E-state index contributed by atoms with van der Waals surface area (Å²) in [5.41, 5.74) is 0.117. The molecule has 0 aromatic rings. The van der Waals surface area contributed by atoms with E-state index in [9.17, 15) is 9.59 Å². The predicted molar refractivity (Wildman–Crippen MR) is 66.4 cm³/mol. The molecule has 4 aliphatic carbocycles. The van der Waals surface area contributed by atoms with Crippen molar-refractivity contribution in [2.45, 2.75) is 45.4 Å². The zero-order valence-electron chi connectivity index (χ0n) is 10.9. The second-order valence-corrected chi connectivity index (χ2v) is 6.40. The van der Waals surface area contributed by atoms with Crippen molar-refractivity contribution in [3.05, 3.63) is 5.57 Å². The van der Waals surface area contributed by atoms with Gasteiger partial charge >= 0.3 is 5.97 Å². The van der Waals surface area contributed by atoms with E-state index in [4.69, 9.17) is 4.74 Å². The number of hydrogen-bond donors (Lipinski definition) is 0. The van der Waals surface area contributed by atoms with Crippen LogP contribution in [0.2, 0.25) is 0 Å². The maximum absolute atomic E-state index is 12.0. The lowest BCUT2D eigenvalue weighted by Crippen LogP contribution is -2.48. The summed E-state index contributed by atoms with van der Waals surface area (Å²) < 4.78 is 5.05. The maximum Gasteiger partial charge on any atom is 0.345 e. The molecule has 0 N–H and O–H groups in total. The molecule has 4 aliphatic rings. The maximum atomic E-state index is 12.0. The SMILES string of the molecule is CCOC(=O)C(=C=O)C12CC3CC(CC(C3)C1)C2. The lowest BCUT2D eigenvalue weighted by molar-refractivity contribution is -0.142. The van der Waals surface area contributed by atoms with Crippen LogP contribution in [0, 0.1) is 23.2 Å². The zero-order valence-corrected chi connectivity index (χ0v) is 10.9. The lowest BCUT2D eigenvalue weighted by Gasteiger charge is -2.56. The third-order valence-corrected chi connectivity index (χ3v) is 5.15. The van der Waals surface area contributed by atoms with E-state index in [0.717, 1.165) is 19.3 Å². The van der Waals surface area contributed by atoms with Gasteiger partial charge < -0.3 is 4.74 Å². The highest BCUT2D eigenvalue weighted by atomic mass is 16.5. The van der Waals surface area contributed by atoms with Crippen LogP contribution in [0.15, 0.2) is 5.57 Å². The summed E-state index contributed by atoms with van der Waals surface area (Å²) in [5.74, 6) is 3.66. The summed E-state index contributed by atoms with van der Waals surface area (Å²) in [6.07, 6.45) is 6.91. The van der Waals surface area contributed by atoms with E-state index in [-0.39, 0.29) is 5.41 Å². The molecule has 4 bridgehead atoms. The highest BCUT2D eigenvalue weighted by Gasteiger charge is 2.54. The van der Waals surface area contributed by atoms with Crippen molar-refractivity contribution in [2.75, 3.05) is 6.61 Å². The average molecular weight is 248 g/mol. The van der Waals surface area contributed by atoms with Crippen LogP contribution in [0.4, 0.5) is 0 Å². The van der Waals surface area contributed by atoms with Crippen molar-refractivity contribution < 1.29 is 14.3 Å². The van der Waals surface area contributed by atoms with E-state index in [1.54, 1.807) is 6.92 Å². The normalized spacial score (nSPS) is 40.4. The fourth-order valence-corrected chi connectivity index (χ4v) is 4.99. The third-order valence-electron chi connectivity index (χ3n) is 5.15. The molecule has 3 heteroatoms. The van der Waals surface area contributed by atoms with Crippen LogP contribution in [0.3, 0.4) is 0 Å². The summed E-state index contributed by atoms with van der Waals surface area (Å²) in [6.45, 7) is 2.11. The average Bonchev–Trinajstić information content (AvgIpc) is 2.27. The quantitative estimate of drug-likeness (QED) is 0.438. The molecule has 0 radical (unpaired) electrons. The van der Waals surface area contributed by atoms with Crippen molar-refractivity contribution in [1.29, 1.82) is 0 Å². The summed E-state index contributed by atoms with van der Waals surface area (Å²) in [5, 5.41) is 0. The summed E-state index contributed by atoms with van der Waals surface area (Å²) in [7, 11) is 0. The lowest BCUT2D eigenvalue weighted by atomic mass is 9.48. The summed E-state index contributed by atoms with van der Waals surface area (Å²) >= 11 is 0. The molecule has 0 aromatic carbocycles. The van der Waals surface area contributed by atoms with Gasteiger partial charge in [0.15, 0.2) is 0 Å². The monoisotopic (exact) mass is 248 g/mol. The zero-order chi connectivity index (χ0) is 12.8. The fraction of sp³-hybridized carbons (Fsp3) is 0.800. The van der Waals surface area contributed by atoms with E-state index in [0.29, 0.717) is 29.9 Å². The van der Waals surface area contributed by atoms with E-state index in [1.165, 1.54) is 19.3 Å². The second-order valence-electron chi connectivity index (χ2n) is 6.40. The number of esters is 1. The first kappa shape index (κ1) is 12.0. The molecule has 0 atom stereocenters. The molecule has 3 nitrogen and oxygen atoms in total. The molecule has 4 saturated carbocycles. The minimum atomic E-state index is -0.422. The smallest absolute Gasteiger partial charge is 0.345 e. The number of carbonyl (C=O) groups excluding carboxylic acids is 2. The number of ether oxygens (including phenoxy) is 1. The Morgan fingerprint density at radius 2 is 1.67 bits per heavy atom. The molecule has 4 rings (SSSR count). The minimum absolute atomic E-state index is 0.192. The van der Waals surface area contributed by atoms with Gasteiger partial charge in [0.25, 0.3) is 0 Å². The number of rotatable bonds is 3. The van der Waals surface area contributed by atoms with Crippen LogP contribution >= 0.6 is 0 Å². The van der Waals surface area contributed by atoms with Crippen molar-refractivity contribution in [3.8, 4) is 0 Å². The second kappa shape index (κ2) is 4.24. The Morgan fingerprint density at radius 1 is 1.17 bits per heavy atom. The van der Waals surface area contributed by atoms with Gasteiger partial charge in [-0.25, -0.2) is 9.59 Å². The molecule has 0 heterocycles. The Labute approximate surface area is 108 Å². The van der Waals surface area contributed by atoms with Gasteiger partial charge in [0.1, 0.15) is 11.5 Å². The minimum Gasteiger partial charge on any atom is -0.462 e. The predicted octanol–water partition coefficient (Wildman–Crippen LogP) is 2.52. The Bertz CT molecular complexity index is 382. The van der Waals surface area contributed by atoms with Gasteiger partial charge in [0, 0.05) is 5.41 Å². The molecule has 0 aromatic heterocycles. The Hall–Kier alpha value is -1.08. The first-order valence-electron chi connectivity index (χ1n) is 7.09. The standard InChI is InChI=1S/C15H20O3/c1-2-18-14(17)13(9-16)15-6-10-3-11(7-15)5-12(4-10)8-15/h10-12H,2-8H2,1H3. The van der Waals surface area contributed by atoms with Gasteiger partial charge in [-0.2, -0.15) is 0 Å². The van der Waals surface area contributed by atoms with E-state index < -0.39 is 5.97 Å². The molecule has 0 aliphatic heterocycles. The largest absolute Gasteiger partial charge is 0.462 e. The van der Waals surface area contributed by atoms with Gasteiger partial charge in [0.05, 0.1) is 6.61 Å². The van der Waals surface area contributed by atoms with Gasteiger partial charge in [-0.3, -0.25) is 0 Å². The van der Waals surface area contributed by atoms with E-state index in [1.807, 2.05) is 5.94 Å². The fourth-order valence-electron chi connectivity index (χ4n) is 4.99. The first-order valence-corrected chi connectivity index (χ1v) is 7.09. The molecule has 18 heavy (non-hydrogen) atoms. The summed E-state index contributed by atoms with van der Waals surface area (Å²) in [4.78, 5) is 23.2. The van der Waals surface area contributed by atoms with Gasteiger partial charge in [-0.15, -0.1) is 0 Å². The Morgan fingerprint density at radius 3 is 2.06 bits per heavy atom. The number of hydrogen-bond acceptors (Lipinski definition) is 3. The molecule has 4 fully saturated rings. The molecule has 98 valence electrons. The van der Waals surface area contributed by atoms with Crippen molar-refractivity contribution in [2.24, 2.45) is 23.2 Å². The molecular formula is C15H20O3. The first-order chi connectivity index (χ1) is 8.66. The molecule has 0 unspecified atom stereocenters. The third kappa shape index (κ3) is 1.73. The van der Waals surface area contributed by atoms with Crippen LogP contribution in [0.5, 0.6) is 0 Å². The Balaban J connectivity index is 1.90. The van der Waals surface area contributed by atoms with Crippen LogP contribution in [-0.4, -0.2) is 18.5 Å². The Kier molecular flexibility index (Phi) is 2.82.